The number of aryl methyl sites for hydroxylation is 2. The molecule has 0 saturated carbocycles. The van der Waals surface area contributed by atoms with E-state index in [-0.39, 0.29) is 0 Å². The zero-order valence-electron chi connectivity index (χ0n) is 12.8. The van der Waals surface area contributed by atoms with Crippen LogP contribution in [0.15, 0.2) is 47.6 Å². The summed E-state index contributed by atoms with van der Waals surface area (Å²) in [5.41, 5.74) is 6.02. The van der Waals surface area contributed by atoms with E-state index in [1.807, 2.05) is 18.2 Å². The van der Waals surface area contributed by atoms with Crippen LogP contribution in [-0.2, 0) is 0 Å². The standard InChI is InChI=1S/C18H20N2O/c1-13-11-16(21-3)12-14(2)18(13)17-9-10-20(19-17)15-7-5-4-6-8-15/h4-8,11-12H,9-10H2,1-3H3. The highest BCUT2D eigenvalue weighted by Crippen LogP contribution is 2.27. The van der Waals surface area contributed by atoms with E-state index in [0.717, 1.165) is 30.1 Å². The van der Waals surface area contributed by atoms with Crippen LogP contribution in [0, 0.1) is 13.8 Å². The second kappa shape index (κ2) is 5.60. The van der Waals surface area contributed by atoms with Crippen LogP contribution in [0.25, 0.3) is 0 Å². The van der Waals surface area contributed by atoms with Crippen LogP contribution < -0.4 is 9.75 Å². The van der Waals surface area contributed by atoms with Crippen molar-refractivity contribution in [2.24, 2.45) is 5.10 Å². The third-order valence-corrected chi connectivity index (χ3v) is 3.89. The van der Waals surface area contributed by atoms with Gasteiger partial charge in [-0.1, -0.05) is 18.2 Å². The van der Waals surface area contributed by atoms with Crippen molar-refractivity contribution in [3.05, 3.63) is 59.2 Å². The molecule has 3 rings (SSSR count). The number of hydrazone groups is 1. The molecule has 0 amide bonds. The first-order chi connectivity index (χ1) is 10.2. The molecule has 0 bridgehead atoms. The molecule has 0 aliphatic carbocycles. The van der Waals surface area contributed by atoms with Gasteiger partial charge in [0.05, 0.1) is 18.5 Å². The minimum Gasteiger partial charge on any atom is -0.497 e. The van der Waals surface area contributed by atoms with Gasteiger partial charge in [0.2, 0.25) is 0 Å². The highest BCUT2D eigenvalue weighted by Gasteiger charge is 2.20. The van der Waals surface area contributed by atoms with E-state index in [0.29, 0.717) is 0 Å². The van der Waals surface area contributed by atoms with Gasteiger partial charge in [0.15, 0.2) is 0 Å². The molecule has 0 N–H and O–H groups in total. The van der Waals surface area contributed by atoms with Crippen LogP contribution >= 0.6 is 0 Å². The van der Waals surface area contributed by atoms with E-state index in [1.54, 1.807) is 7.11 Å². The predicted octanol–water partition coefficient (Wildman–Crippen LogP) is 3.93. The first kappa shape index (κ1) is 13.7. The van der Waals surface area contributed by atoms with E-state index in [4.69, 9.17) is 9.84 Å². The summed E-state index contributed by atoms with van der Waals surface area (Å²) in [4.78, 5) is 0. The fourth-order valence-corrected chi connectivity index (χ4v) is 2.92. The van der Waals surface area contributed by atoms with Crippen LogP contribution in [0.4, 0.5) is 5.69 Å². The van der Waals surface area contributed by atoms with Crippen LogP contribution in [-0.4, -0.2) is 19.4 Å². The molecule has 0 spiro atoms. The Morgan fingerprint density at radius 1 is 1.05 bits per heavy atom. The van der Waals surface area contributed by atoms with Crippen molar-refractivity contribution in [2.45, 2.75) is 20.3 Å². The Labute approximate surface area is 125 Å². The van der Waals surface area contributed by atoms with Crippen LogP contribution in [0.3, 0.4) is 0 Å². The number of nitrogens with zero attached hydrogens (tertiary/aromatic N) is 2. The number of para-hydroxylation sites is 1. The molecule has 0 aromatic heterocycles. The fraction of sp³-hybridized carbons (Fsp3) is 0.278. The highest BCUT2D eigenvalue weighted by atomic mass is 16.5. The minimum atomic E-state index is 0.910. The number of anilines is 1. The number of hydrogen-bond acceptors (Lipinski definition) is 3. The summed E-state index contributed by atoms with van der Waals surface area (Å²) in [6.45, 7) is 5.18. The van der Waals surface area contributed by atoms with E-state index in [1.165, 1.54) is 16.7 Å². The molecule has 2 aromatic carbocycles. The van der Waals surface area contributed by atoms with Gasteiger partial charge in [-0.05, 0) is 49.2 Å². The van der Waals surface area contributed by atoms with Crippen molar-refractivity contribution in [1.29, 1.82) is 0 Å². The second-order valence-electron chi connectivity index (χ2n) is 5.39. The van der Waals surface area contributed by atoms with Crippen molar-refractivity contribution >= 4 is 11.4 Å². The van der Waals surface area contributed by atoms with Gasteiger partial charge in [-0.15, -0.1) is 0 Å². The molecule has 3 heteroatoms. The first-order valence-electron chi connectivity index (χ1n) is 7.24. The molecule has 108 valence electrons. The number of benzene rings is 2. The number of methoxy groups -OCH3 is 1. The number of rotatable bonds is 3. The van der Waals surface area contributed by atoms with E-state index in [9.17, 15) is 0 Å². The molecule has 3 nitrogen and oxygen atoms in total. The maximum Gasteiger partial charge on any atom is 0.119 e. The Kier molecular flexibility index (Phi) is 3.65. The quantitative estimate of drug-likeness (QED) is 0.851. The molecule has 1 aliphatic rings. The highest BCUT2D eigenvalue weighted by molar-refractivity contribution is 6.05. The van der Waals surface area contributed by atoms with E-state index >= 15 is 0 Å². The van der Waals surface area contributed by atoms with Gasteiger partial charge in [-0.3, -0.25) is 5.01 Å². The second-order valence-corrected chi connectivity index (χ2v) is 5.39. The molecule has 0 radical (unpaired) electrons. The Morgan fingerprint density at radius 3 is 2.33 bits per heavy atom. The Balaban J connectivity index is 1.95. The summed E-state index contributed by atoms with van der Waals surface area (Å²) in [5.74, 6) is 0.910. The lowest BCUT2D eigenvalue weighted by atomic mass is 9.97. The molecular weight excluding hydrogens is 260 g/mol. The van der Waals surface area contributed by atoms with Crippen LogP contribution in [0.5, 0.6) is 5.75 Å². The molecule has 1 heterocycles. The normalized spacial score (nSPS) is 14.2. The van der Waals surface area contributed by atoms with Gasteiger partial charge < -0.3 is 4.74 Å². The summed E-state index contributed by atoms with van der Waals surface area (Å²) in [7, 11) is 1.71. The average Bonchev–Trinajstić information content (AvgIpc) is 2.97. The lowest BCUT2D eigenvalue weighted by Crippen LogP contribution is -2.11. The average molecular weight is 280 g/mol. The molecule has 0 atom stereocenters. The fourth-order valence-electron chi connectivity index (χ4n) is 2.92. The molecule has 21 heavy (non-hydrogen) atoms. The molecule has 0 unspecified atom stereocenters. The lowest BCUT2D eigenvalue weighted by Gasteiger charge is -2.13. The van der Waals surface area contributed by atoms with Gasteiger partial charge in [-0.2, -0.15) is 5.10 Å². The largest absolute Gasteiger partial charge is 0.497 e. The van der Waals surface area contributed by atoms with Gasteiger partial charge in [0.25, 0.3) is 0 Å². The molecule has 2 aromatic rings. The Morgan fingerprint density at radius 2 is 1.71 bits per heavy atom. The zero-order valence-corrected chi connectivity index (χ0v) is 12.8. The summed E-state index contributed by atoms with van der Waals surface area (Å²) in [5, 5.41) is 6.90. The van der Waals surface area contributed by atoms with Gasteiger partial charge in [0, 0.05) is 18.5 Å². The summed E-state index contributed by atoms with van der Waals surface area (Å²) < 4.78 is 5.33. The maximum absolute atomic E-state index is 5.33. The number of hydrogen-bond donors (Lipinski definition) is 0. The smallest absolute Gasteiger partial charge is 0.119 e. The molecule has 0 fully saturated rings. The summed E-state index contributed by atoms with van der Waals surface area (Å²) in [6, 6.07) is 14.5. The minimum absolute atomic E-state index is 0.910. The third-order valence-electron chi connectivity index (χ3n) is 3.89. The van der Waals surface area contributed by atoms with Crippen molar-refractivity contribution in [3.63, 3.8) is 0 Å². The first-order valence-corrected chi connectivity index (χ1v) is 7.24. The van der Waals surface area contributed by atoms with Gasteiger partial charge >= 0.3 is 0 Å². The maximum atomic E-state index is 5.33. The van der Waals surface area contributed by atoms with Crippen molar-refractivity contribution in [3.8, 4) is 5.75 Å². The molecule has 0 saturated heterocycles. The van der Waals surface area contributed by atoms with Gasteiger partial charge in [0.1, 0.15) is 5.75 Å². The molecular formula is C18H20N2O. The molecule has 1 aliphatic heterocycles. The Bertz CT molecular complexity index is 654. The number of ether oxygens (including phenoxy) is 1. The van der Waals surface area contributed by atoms with Crippen molar-refractivity contribution in [1.82, 2.24) is 0 Å². The predicted molar refractivity (Wildman–Crippen MR) is 87.4 cm³/mol. The Hall–Kier alpha value is -2.29. The van der Waals surface area contributed by atoms with E-state index in [2.05, 4.69) is 43.1 Å². The monoisotopic (exact) mass is 280 g/mol. The van der Waals surface area contributed by atoms with Crippen LogP contribution in [0.2, 0.25) is 0 Å². The summed E-state index contributed by atoms with van der Waals surface area (Å²) >= 11 is 0. The van der Waals surface area contributed by atoms with E-state index < -0.39 is 0 Å². The SMILES string of the molecule is COc1cc(C)c(C2=NN(c3ccccc3)CC2)c(C)c1. The van der Waals surface area contributed by atoms with Crippen molar-refractivity contribution < 1.29 is 4.74 Å². The van der Waals surface area contributed by atoms with Crippen molar-refractivity contribution in [2.75, 3.05) is 18.7 Å². The van der Waals surface area contributed by atoms with Crippen LogP contribution in [0.1, 0.15) is 23.1 Å². The topological polar surface area (TPSA) is 24.8 Å². The zero-order chi connectivity index (χ0) is 14.8. The lowest BCUT2D eigenvalue weighted by molar-refractivity contribution is 0.414. The summed E-state index contributed by atoms with van der Waals surface area (Å²) in [6.07, 6.45) is 0.975. The third kappa shape index (κ3) is 2.64. The van der Waals surface area contributed by atoms with Gasteiger partial charge in [-0.25, -0.2) is 0 Å².